The monoisotopic (exact) mass is 390 g/mol. The highest BCUT2D eigenvalue weighted by Crippen LogP contribution is 2.37. The fourth-order valence-electron chi connectivity index (χ4n) is 4.71. The number of carbonyl (C=O) groups is 1. The lowest BCUT2D eigenvalue weighted by Gasteiger charge is -2.20. The smallest absolute Gasteiger partial charge is 0.260 e. The van der Waals surface area contributed by atoms with Crippen molar-refractivity contribution in [1.29, 1.82) is 0 Å². The molecule has 5 rings (SSSR count). The number of nitrogens with zero attached hydrogens (tertiary/aromatic N) is 4. The number of benzene rings is 1. The highest BCUT2D eigenvalue weighted by Gasteiger charge is 2.33. The van der Waals surface area contributed by atoms with Gasteiger partial charge >= 0.3 is 0 Å². The number of likely N-dealkylation sites (tertiary alicyclic amines) is 1. The van der Waals surface area contributed by atoms with E-state index in [-0.39, 0.29) is 18.6 Å². The minimum atomic E-state index is 0.0381. The van der Waals surface area contributed by atoms with Crippen molar-refractivity contribution in [2.45, 2.75) is 44.1 Å². The third-order valence-corrected chi connectivity index (χ3v) is 6.18. The zero-order valence-electron chi connectivity index (χ0n) is 16.5. The lowest BCUT2D eigenvalue weighted by Crippen LogP contribution is -2.33. The van der Waals surface area contributed by atoms with Crippen molar-refractivity contribution in [3.8, 4) is 5.75 Å². The fourth-order valence-corrected chi connectivity index (χ4v) is 4.71. The molecule has 150 valence electrons. The van der Waals surface area contributed by atoms with E-state index in [2.05, 4.69) is 9.55 Å². The van der Waals surface area contributed by atoms with Gasteiger partial charge in [-0.1, -0.05) is 31.0 Å². The Balaban J connectivity index is 1.33. The zero-order valence-corrected chi connectivity index (χ0v) is 16.5. The fraction of sp³-hybridized carbons (Fsp3) is 0.435. The summed E-state index contributed by atoms with van der Waals surface area (Å²) in [6.45, 7) is 1.52. The van der Waals surface area contributed by atoms with E-state index in [1.54, 1.807) is 0 Å². The molecule has 0 N–H and O–H groups in total. The van der Waals surface area contributed by atoms with E-state index in [1.165, 1.54) is 25.7 Å². The number of para-hydroxylation sites is 1. The molecule has 1 atom stereocenters. The van der Waals surface area contributed by atoms with Gasteiger partial charge in [-0.25, -0.2) is 9.97 Å². The summed E-state index contributed by atoms with van der Waals surface area (Å²) in [5.41, 5.74) is 1.92. The molecule has 29 heavy (non-hydrogen) atoms. The summed E-state index contributed by atoms with van der Waals surface area (Å²) in [5, 5.41) is 0. The molecular formula is C23H26N4O2. The van der Waals surface area contributed by atoms with Crippen molar-refractivity contribution >= 4 is 17.1 Å². The summed E-state index contributed by atoms with van der Waals surface area (Å²) in [4.78, 5) is 24.2. The number of ether oxygens (including phenoxy) is 1. The predicted molar refractivity (Wildman–Crippen MR) is 111 cm³/mol. The van der Waals surface area contributed by atoms with E-state index in [9.17, 15) is 4.79 Å². The van der Waals surface area contributed by atoms with Gasteiger partial charge in [0.15, 0.2) is 12.3 Å². The molecule has 1 aliphatic heterocycles. The van der Waals surface area contributed by atoms with Gasteiger partial charge in [-0.3, -0.25) is 4.79 Å². The average Bonchev–Trinajstić information content (AvgIpc) is 3.51. The van der Waals surface area contributed by atoms with Crippen molar-refractivity contribution in [3.63, 3.8) is 0 Å². The van der Waals surface area contributed by atoms with Gasteiger partial charge in [-0.15, -0.1) is 0 Å². The molecule has 6 heteroatoms. The molecule has 6 nitrogen and oxygen atoms in total. The normalized spacial score (nSPS) is 19.9. The Morgan fingerprint density at radius 3 is 2.72 bits per heavy atom. The molecule has 2 fully saturated rings. The number of hydrogen-bond acceptors (Lipinski definition) is 4. The topological polar surface area (TPSA) is 60.2 Å². The standard InChI is InChI=1S/C23H26N4O2/c28-21(16-29-19-9-2-1-3-10-19)26-14-12-18(15-26)27-22(17-7-4-5-8-17)25-20-11-6-13-24-23(20)27/h1-3,6,9-11,13,17-18H,4-5,7-8,12,14-16H2. The molecular weight excluding hydrogens is 364 g/mol. The van der Waals surface area contributed by atoms with Crippen LogP contribution in [-0.4, -0.2) is 45.0 Å². The van der Waals surface area contributed by atoms with E-state index in [1.807, 2.05) is 53.6 Å². The van der Waals surface area contributed by atoms with Crippen molar-refractivity contribution in [3.05, 3.63) is 54.5 Å². The van der Waals surface area contributed by atoms with Crippen LogP contribution < -0.4 is 4.74 Å². The van der Waals surface area contributed by atoms with Gasteiger partial charge in [-0.2, -0.15) is 0 Å². The van der Waals surface area contributed by atoms with Crippen LogP contribution in [-0.2, 0) is 4.79 Å². The number of carbonyl (C=O) groups excluding carboxylic acids is 1. The van der Waals surface area contributed by atoms with Crippen molar-refractivity contribution in [1.82, 2.24) is 19.4 Å². The number of fused-ring (bicyclic) bond motifs is 1. The SMILES string of the molecule is O=C(COc1ccccc1)N1CCC(n2c(C3CCCC3)nc3cccnc32)C1. The van der Waals surface area contributed by atoms with Gasteiger partial charge in [0.2, 0.25) is 0 Å². The number of rotatable bonds is 5. The molecule has 1 aromatic carbocycles. The first-order valence-corrected chi connectivity index (χ1v) is 10.6. The van der Waals surface area contributed by atoms with E-state index in [0.717, 1.165) is 35.7 Å². The van der Waals surface area contributed by atoms with Crippen LogP contribution in [0.3, 0.4) is 0 Å². The molecule has 1 saturated carbocycles. The van der Waals surface area contributed by atoms with E-state index < -0.39 is 0 Å². The maximum Gasteiger partial charge on any atom is 0.260 e. The average molecular weight is 390 g/mol. The van der Waals surface area contributed by atoms with Crippen molar-refractivity contribution in [2.75, 3.05) is 19.7 Å². The first-order chi connectivity index (χ1) is 14.3. The lowest BCUT2D eigenvalue weighted by atomic mass is 10.1. The molecule has 1 amide bonds. The second-order valence-electron chi connectivity index (χ2n) is 8.05. The van der Waals surface area contributed by atoms with Gasteiger partial charge < -0.3 is 14.2 Å². The largest absolute Gasteiger partial charge is 0.484 e. The third-order valence-electron chi connectivity index (χ3n) is 6.18. The Morgan fingerprint density at radius 2 is 1.90 bits per heavy atom. The first-order valence-electron chi connectivity index (χ1n) is 10.6. The van der Waals surface area contributed by atoms with E-state index in [4.69, 9.17) is 9.72 Å². The quantitative estimate of drug-likeness (QED) is 0.662. The molecule has 0 spiro atoms. The molecule has 1 saturated heterocycles. The molecule has 2 aliphatic rings. The Bertz CT molecular complexity index is 995. The van der Waals surface area contributed by atoms with E-state index >= 15 is 0 Å². The number of pyridine rings is 1. The summed E-state index contributed by atoms with van der Waals surface area (Å²) >= 11 is 0. The highest BCUT2D eigenvalue weighted by molar-refractivity contribution is 5.78. The summed E-state index contributed by atoms with van der Waals surface area (Å²) in [7, 11) is 0. The summed E-state index contributed by atoms with van der Waals surface area (Å²) < 4.78 is 7.99. The summed E-state index contributed by atoms with van der Waals surface area (Å²) in [6, 6.07) is 13.7. The van der Waals surface area contributed by atoms with Gasteiger partial charge in [-0.05, 0) is 43.5 Å². The second kappa shape index (κ2) is 7.85. The van der Waals surface area contributed by atoms with Gasteiger partial charge in [0.05, 0.1) is 6.04 Å². The van der Waals surface area contributed by atoms with Crippen molar-refractivity contribution < 1.29 is 9.53 Å². The highest BCUT2D eigenvalue weighted by atomic mass is 16.5. The van der Waals surface area contributed by atoms with Crippen LogP contribution in [0.4, 0.5) is 0 Å². The second-order valence-corrected chi connectivity index (χ2v) is 8.05. The Hall–Kier alpha value is -2.89. The number of hydrogen-bond donors (Lipinski definition) is 0. The van der Waals surface area contributed by atoms with Gasteiger partial charge in [0.1, 0.15) is 17.1 Å². The summed E-state index contributed by atoms with van der Waals surface area (Å²) in [6.07, 6.45) is 7.71. The Morgan fingerprint density at radius 1 is 1.07 bits per heavy atom. The maximum absolute atomic E-state index is 12.7. The lowest BCUT2D eigenvalue weighted by molar-refractivity contribution is -0.132. The summed E-state index contributed by atoms with van der Waals surface area (Å²) in [5.74, 6) is 2.44. The number of imidazole rings is 1. The van der Waals surface area contributed by atoms with Crippen LogP contribution in [0.1, 0.15) is 49.9 Å². The minimum absolute atomic E-state index is 0.0381. The molecule has 3 aromatic rings. The molecule has 3 heterocycles. The molecule has 0 bridgehead atoms. The number of aromatic nitrogens is 3. The van der Waals surface area contributed by atoms with Crippen LogP contribution in [0, 0.1) is 0 Å². The van der Waals surface area contributed by atoms with Crippen LogP contribution in [0.25, 0.3) is 11.2 Å². The minimum Gasteiger partial charge on any atom is -0.484 e. The zero-order chi connectivity index (χ0) is 19.6. The molecule has 1 aliphatic carbocycles. The van der Waals surface area contributed by atoms with Crippen molar-refractivity contribution in [2.24, 2.45) is 0 Å². The van der Waals surface area contributed by atoms with Gasteiger partial charge in [0.25, 0.3) is 5.91 Å². The van der Waals surface area contributed by atoms with Crippen LogP contribution in [0.5, 0.6) is 5.75 Å². The van der Waals surface area contributed by atoms with Gasteiger partial charge in [0, 0.05) is 25.2 Å². The van der Waals surface area contributed by atoms with Crippen LogP contribution >= 0.6 is 0 Å². The predicted octanol–water partition coefficient (Wildman–Crippen LogP) is 3.94. The Kier molecular flexibility index (Phi) is 4.92. The first kappa shape index (κ1) is 18.2. The third kappa shape index (κ3) is 3.59. The Labute approximate surface area is 170 Å². The number of amides is 1. The van der Waals surface area contributed by atoms with E-state index in [0.29, 0.717) is 12.5 Å². The molecule has 1 unspecified atom stereocenters. The van der Waals surface area contributed by atoms with Crippen LogP contribution in [0.2, 0.25) is 0 Å². The molecule has 2 aromatic heterocycles. The van der Waals surface area contributed by atoms with Crippen LogP contribution in [0.15, 0.2) is 48.7 Å². The molecule has 0 radical (unpaired) electrons. The maximum atomic E-state index is 12.7.